The van der Waals surface area contributed by atoms with Crippen molar-refractivity contribution in [1.82, 2.24) is 5.32 Å². The first kappa shape index (κ1) is 14.6. The molecule has 1 aliphatic carbocycles. The van der Waals surface area contributed by atoms with Gasteiger partial charge in [0.15, 0.2) is 0 Å². The lowest BCUT2D eigenvalue weighted by molar-refractivity contribution is 0.0109. The maximum absolute atomic E-state index is 6.26. The van der Waals surface area contributed by atoms with E-state index >= 15 is 0 Å². The molecule has 1 aromatic rings. The Balaban J connectivity index is 2.07. The first-order chi connectivity index (χ1) is 9.51. The Kier molecular flexibility index (Phi) is 3.79. The van der Waals surface area contributed by atoms with Crippen molar-refractivity contribution in [1.29, 1.82) is 0 Å². The van der Waals surface area contributed by atoms with E-state index in [9.17, 15) is 0 Å². The zero-order chi connectivity index (χ0) is 14.4. The number of hydrogen-bond acceptors (Lipinski definition) is 2. The number of nitrogens with one attached hydrogen (secondary N) is 1. The van der Waals surface area contributed by atoms with Gasteiger partial charge in [-0.05, 0) is 37.0 Å². The maximum atomic E-state index is 6.26. The summed E-state index contributed by atoms with van der Waals surface area (Å²) in [6.07, 6.45) is 3.56. The van der Waals surface area contributed by atoms with E-state index < -0.39 is 0 Å². The van der Waals surface area contributed by atoms with Gasteiger partial charge in [-0.1, -0.05) is 36.2 Å². The van der Waals surface area contributed by atoms with Gasteiger partial charge in [-0.2, -0.15) is 0 Å². The van der Waals surface area contributed by atoms with E-state index in [0.29, 0.717) is 16.1 Å². The first-order valence-electron chi connectivity index (χ1n) is 7.19. The summed E-state index contributed by atoms with van der Waals surface area (Å²) in [5, 5.41) is 4.95. The quantitative estimate of drug-likeness (QED) is 0.909. The molecule has 2 nitrogen and oxygen atoms in total. The fraction of sp³-hybridized carbons (Fsp3) is 0.625. The Morgan fingerprint density at radius 3 is 2.85 bits per heavy atom. The molecule has 2 bridgehead atoms. The normalized spacial score (nSPS) is 36.3. The summed E-state index contributed by atoms with van der Waals surface area (Å²) < 4.78 is 5.54. The van der Waals surface area contributed by atoms with E-state index in [1.807, 2.05) is 6.07 Å². The molecule has 3 rings (SSSR count). The molecular formula is C16H21Cl2NO. The average molecular weight is 314 g/mol. The van der Waals surface area contributed by atoms with Gasteiger partial charge in [-0.15, -0.1) is 0 Å². The van der Waals surface area contributed by atoms with Crippen LogP contribution < -0.4 is 5.32 Å². The van der Waals surface area contributed by atoms with Crippen LogP contribution in [0.25, 0.3) is 0 Å². The fourth-order valence-corrected chi connectivity index (χ4v) is 4.52. The Hall–Kier alpha value is -0.280. The van der Waals surface area contributed by atoms with Crippen LogP contribution in [-0.2, 0) is 10.2 Å². The number of benzene rings is 1. The fourth-order valence-electron chi connectivity index (χ4n) is 4.22. The lowest BCUT2D eigenvalue weighted by Crippen LogP contribution is -2.56. The molecule has 0 unspecified atom stereocenters. The summed E-state index contributed by atoms with van der Waals surface area (Å²) in [4.78, 5) is 0. The summed E-state index contributed by atoms with van der Waals surface area (Å²) in [5.74, 6) is 0. The minimum atomic E-state index is 0.0892. The molecule has 4 heteroatoms. The smallest absolute Gasteiger partial charge is 0.0595 e. The van der Waals surface area contributed by atoms with Crippen molar-refractivity contribution in [3.05, 3.63) is 33.8 Å². The lowest BCUT2D eigenvalue weighted by atomic mass is 9.58. The van der Waals surface area contributed by atoms with Gasteiger partial charge in [0.2, 0.25) is 0 Å². The van der Waals surface area contributed by atoms with Gasteiger partial charge in [-0.25, -0.2) is 0 Å². The highest BCUT2D eigenvalue weighted by molar-refractivity contribution is 6.42. The first-order valence-corrected chi connectivity index (χ1v) is 7.94. The molecule has 110 valence electrons. The Bertz CT molecular complexity index is 521. The molecule has 1 heterocycles. The zero-order valence-electron chi connectivity index (χ0n) is 12.0. The van der Waals surface area contributed by atoms with Crippen molar-refractivity contribution < 1.29 is 4.74 Å². The molecule has 2 fully saturated rings. The molecule has 0 amide bonds. The van der Waals surface area contributed by atoms with E-state index in [0.717, 1.165) is 19.6 Å². The maximum Gasteiger partial charge on any atom is 0.0595 e. The van der Waals surface area contributed by atoms with E-state index in [1.54, 1.807) is 7.11 Å². The third-order valence-electron chi connectivity index (χ3n) is 5.39. The van der Waals surface area contributed by atoms with Gasteiger partial charge in [0.25, 0.3) is 0 Å². The van der Waals surface area contributed by atoms with Gasteiger partial charge in [-0.3, -0.25) is 0 Å². The molecule has 1 saturated carbocycles. The second kappa shape index (κ2) is 5.17. The lowest BCUT2D eigenvalue weighted by Gasteiger charge is -2.50. The molecule has 1 aliphatic heterocycles. The Morgan fingerprint density at radius 2 is 2.15 bits per heavy atom. The monoisotopic (exact) mass is 313 g/mol. The van der Waals surface area contributed by atoms with Crippen LogP contribution in [0.15, 0.2) is 18.2 Å². The molecule has 3 atom stereocenters. The van der Waals surface area contributed by atoms with Gasteiger partial charge in [0.1, 0.15) is 0 Å². The second-order valence-electron chi connectivity index (χ2n) is 6.53. The number of hydrogen-bond donors (Lipinski definition) is 1. The zero-order valence-corrected chi connectivity index (χ0v) is 13.5. The summed E-state index contributed by atoms with van der Waals surface area (Å²) in [7, 11) is 1.79. The van der Waals surface area contributed by atoms with Gasteiger partial charge < -0.3 is 10.1 Å². The third-order valence-corrected chi connectivity index (χ3v) is 6.12. The molecule has 1 aromatic carbocycles. The summed E-state index contributed by atoms with van der Waals surface area (Å²) in [5.41, 5.74) is 1.55. The van der Waals surface area contributed by atoms with E-state index in [4.69, 9.17) is 27.9 Å². The van der Waals surface area contributed by atoms with Crippen molar-refractivity contribution in [2.24, 2.45) is 5.41 Å². The molecule has 0 spiro atoms. The molecule has 2 aliphatic rings. The van der Waals surface area contributed by atoms with Crippen LogP contribution in [0.4, 0.5) is 0 Å². The Labute approximate surface area is 130 Å². The van der Waals surface area contributed by atoms with Crippen LogP contribution in [0.3, 0.4) is 0 Å². The number of piperidine rings is 1. The van der Waals surface area contributed by atoms with Crippen molar-refractivity contribution in [2.45, 2.75) is 37.6 Å². The molecule has 20 heavy (non-hydrogen) atoms. The van der Waals surface area contributed by atoms with Crippen LogP contribution in [0.2, 0.25) is 10.0 Å². The molecule has 0 aromatic heterocycles. The topological polar surface area (TPSA) is 21.3 Å². The molecule has 1 N–H and O–H groups in total. The number of halogens is 2. The highest BCUT2D eigenvalue weighted by atomic mass is 35.5. The third kappa shape index (κ3) is 2.09. The van der Waals surface area contributed by atoms with Gasteiger partial charge in [0.05, 0.1) is 16.7 Å². The largest absolute Gasteiger partial charge is 0.384 e. The SMILES string of the molecule is COC[C@@]1(C)CN[C@H]2CC[C@@]1(c1ccc(Cl)c(Cl)c1)C2. The van der Waals surface area contributed by atoms with Crippen LogP contribution in [-0.4, -0.2) is 26.3 Å². The minimum absolute atomic E-state index is 0.0892. The average Bonchev–Trinajstić information content (AvgIpc) is 2.81. The summed E-state index contributed by atoms with van der Waals surface area (Å²) in [6, 6.07) is 6.76. The van der Waals surface area contributed by atoms with E-state index in [2.05, 4.69) is 24.4 Å². The minimum Gasteiger partial charge on any atom is -0.384 e. The number of ether oxygens (including phenoxy) is 1. The number of fused-ring (bicyclic) bond motifs is 2. The predicted molar refractivity (Wildman–Crippen MR) is 83.8 cm³/mol. The highest BCUT2D eigenvalue weighted by Gasteiger charge is 2.56. The van der Waals surface area contributed by atoms with Crippen molar-refractivity contribution in [2.75, 3.05) is 20.3 Å². The van der Waals surface area contributed by atoms with E-state index in [-0.39, 0.29) is 10.8 Å². The van der Waals surface area contributed by atoms with Crippen molar-refractivity contribution >= 4 is 23.2 Å². The van der Waals surface area contributed by atoms with E-state index in [1.165, 1.54) is 18.4 Å². The van der Waals surface area contributed by atoms with Crippen molar-refractivity contribution in [3.8, 4) is 0 Å². The number of rotatable bonds is 3. The standard InChI is InChI=1S/C16H21Cl2NO/c1-15(10-20-2)9-19-12-5-6-16(15,8-12)11-3-4-13(17)14(18)7-11/h3-4,7,12,19H,5-6,8-10H2,1-2H3/t12-,15+,16-/m0/s1. The van der Waals surface area contributed by atoms with Gasteiger partial charge >= 0.3 is 0 Å². The molecular weight excluding hydrogens is 293 g/mol. The number of methoxy groups -OCH3 is 1. The molecule has 0 radical (unpaired) electrons. The second-order valence-corrected chi connectivity index (χ2v) is 7.34. The van der Waals surface area contributed by atoms with Gasteiger partial charge in [0, 0.05) is 30.5 Å². The Morgan fingerprint density at radius 1 is 1.35 bits per heavy atom. The molecule has 1 saturated heterocycles. The van der Waals surface area contributed by atoms with Crippen LogP contribution >= 0.6 is 23.2 Å². The van der Waals surface area contributed by atoms with Crippen molar-refractivity contribution in [3.63, 3.8) is 0 Å². The predicted octanol–water partition coefficient (Wildman–Crippen LogP) is 4.04. The van der Waals surface area contributed by atoms with Crippen LogP contribution in [0, 0.1) is 5.41 Å². The summed E-state index contributed by atoms with van der Waals surface area (Å²) >= 11 is 12.3. The summed E-state index contributed by atoms with van der Waals surface area (Å²) in [6.45, 7) is 4.08. The highest BCUT2D eigenvalue weighted by Crippen LogP contribution is 2.56. The van der Waals surface area contributed by atoms with Crippen LogP contribution in [0.5, 0.6) is 0 Å². The van der Waals surface area contributed by atoms with Crippen LogP contribution in [0.1, 0.15) is 31.7 Å².